The molecule has 6 nitrogen and oxygen atoms in total. The summed E-state index contributed by atoms with van der Waals surface area (Å²) in [6.07, 6.45) is 89.6. The van der Waals surface area contributed by atoms with E-state index in [1.165, 1.54) is 327 Å². The average molecular weight is 1120 g/mol. The molecule has 0 saturated carbocycles. The Morgan fingerprint density at radius 3 is 0.912 bits per heavy atom. The maximum atomic E-state index is 12.5. The van der Waals surface area contributed by atoms with Crippen LogP contribution in [0.4, 0.5) is 0 Å². The number of carbonyl (C=O) groups excluding carboxylic acids is 2. The number of unbranched alkanes of at least 4 members (excludes halogenated alkanes) is 53. The number of esters is 1. The molecule has 0 aromatic carbocycles. The number of allylic oxidation sites excluding steroid dienone is 5. The molecule has 0 saturated heterocycles. The van der Waals surface area contributed by atoms with E-state index in [1.807, 2.05) is 6.08 Å². The fraction of sp³-hybridized carbons (Fsp3) is 0.892. The first-order chi connectivity index (χ1) is 39.5. The summed E-state index contributed by atoms with van der Waals surface area (Å²) in [5, 5.41) is 23.1. The highest BCUT2D eigenvalue weighted by Gasteiger charge is 2.18. The third-order valence-electron chi connectivity index (χ3n) is 16.9. The molecule has 0 aliphatic carbocycles. The number of rotatable bonds is 68. The van der Waals surface area contributed by atoms with E-state index in [9.17, 15) is 19.8 Å². The third-order valence-corrected chi connectivity index (χ3v) is 16.9. The molecule has 3 N–H and O–H groups in total. The second-order valence-electron chi connectivity index (χ2n) is 24.9. The van der Waals surface area contributed by atoms with Crippen LogP contribution in [0, 0.1) is 0 Å². The molecule has 472 valence electrons. The highest BCUT2D eigenvalue weighted by Crippen LogP contribution is 2.19. The van der Waals surface area contributed by atoms with E-state index in [0.29, 0.717) is 19.4 Å². The molecule has 80 heavy (non-hydrogen) atoms. The molecule has 1 amide bonds. The monoisotopic (exact) mass is 1120 g/mol. The predicted octanol–water partition coefficient (Wildman–Crippen LogP) is 23.5. The largest absolute Gasteiger partial charge is 0.466 e. The Morgan fingerprint density at radius 2 is 0.588 bits per heavy atom. The van der Waals surface area contributed by atoms with Crippen LogP contribution in [-0.2, 0) is 14.3 Å². The number of amides is 1. The fourth-order valence-electron chi connectivity index (χ4n) is 11.3. The van der Waals surface area contributed by atoms with Gasteiger partial charge in [-0.3, -0.25) is 9.59 Å². The Morgan fingerprint density at radius 1 is 0.338 bits per heavy atom. The average Bonchev–Trinajstić information content (AvgIpc) is 3.46. The van der Waals surface area contributed by atoms with Gasteiger partial charge in [-0.15, -0.1) is 0 Å². The number of aliphatic hydroxyl groups excluding tert-OH is 2. The second kappa shape index (κ2) is 69.6. The van der Waals surface area contributed by atoms with E-state index >= 15 is 0 Å². The van der Waals surface area contributed by atoms with Gasteiger partial charge in [-0.2, -0.15) is 0 Å². The number of aliphatic hydroxyl groups is 2. The van der Waals surface area contributed by atoms with Crippen molar-refractivity contribution in [3.63, 3.8) is 0 Å². The summed E-state index contributed by atoms with van der Waals surface area (Å²) in [5.74, 6) is -0.0508. The molecule has 0 aromatic rings. The van der Waals surface area contributed by atoms with Gasteiger partial charge < -0.3 is 20.3 Å². The molecule has 0 spiro atoms. The van der Waals surface area contributed by atoms with E-state index in [0.717, 1.165) is 44.9 Å². The van der Waals surface area contributed by atoms with Crippen LogP contribution in [0.3, 0.4) is 0 Å². The van der Waals surface area contributed by atoms with Gasteiger partial charge in [-0.1, -0.05) is 339 Å². The van der Waals surface area contributed by atoms with Crippen LogP contribution in [0.25, 0.3) is 0 Å². The molecule has 2 atom stereocenters. The normalized spacial score (nSPS) is 12.7. The third kappa shape index (κ3) is 65.2. The maximum Gasteiger partial charge on any atom is 0.305 e. The van der Waals surface area contributed by atoms with E-state index in [1.54, 1.807) is 6.08 Å². The maximum absolute atomic E-state index is 12.5. The lowest BCUT2D eigenvalue weighted by Gasteiger charge is -2.20. The smallest absolute Gasteiger partial charge is 0.305 e. The quantitative estimate of drug-likeness (QED) is 0.0320. The van der Waals surface area contributed by atoms with Crippen molar-refractivity contribution in [3.8, 4) is 0 Å². The fourth-order valence-corrected chi connectivity index (χ4v) is 11.3. The van der Waals surface area contributed by atoms with Crippen molar-refractivity contribution >= 4 is 11.9 Å². The summed E-state index contributed by atoms with van der Waals surface area (Å²) < 4.78 is 5.48. The number of hydrogen-bond acceptors (Lipinski definition) is 5. The van der Waals surface area contributed by atoms with Crippen molar-refractivity contribution in [2.45, 2.75) is 411 Å². The van der Waals surface area contributed by atoms with Crippen molar-refractivity contribution in [2.24, 2.45) is 0 Å². The van der Waals surface area contributed by atoms with Crippen LogP contribution in [0.5, 0.6) is 0 Å². The lowest BCUT2D eigenvalue weighted by atomic mass is 10.0. The second-order valence-corrected chi connectivity index (χ2v) is 24.9. The molecule has 0 fully saturated rings. The molecule has 0 bridgehead atoms. The zero-order chi connectivity index (χ0) is 57.8. The first-order valence-corrected chi connectivity index (χ1v) is 36.3. The number of hydrogen-bond donors (Lipinski definition) is 3. The SMILES string of the molecule is CCCCC/C=C\CCCCCCCC(=O)OCCCCCCCCCCCCCCCCCC/C=C\CCCCCCCCCCCCCCCCCCCC(=O)NC(CO)C(O)/C=C/CCCCCCCCCCCCCC. The van der Waals surface area contributed by atoms with Crippen LogP contribution in [0.2, 0.25) is 0 Å². The highest BCUT2D eigenvalue weighted by molar-refractivity contribution is 5.76. The molecule has 6 heteroatoms. The van der Waals surface area contributed by atoms with E-state index in [4.69, 9.17) is 4.74 Å². The molecule has 0 radical (unpaired) electrons. The summed E-state index contributed by atoms with van der Waals surface area (Å²) in [4.78, 5) is 24.5. The molecular weight excluding hydrogens is 983 g/mol. The molecule has 0 aliphatic rings. The van der Waals surface area contributed by atoms with Crippen molar-refractivity contribution < 1.29 is 24.5 Å². The van der Waals surface area contributed by atoms with Crippen molar-refractivity contribution in [2.75, 3.05) is 13.2 Å². The van der Waals surface area contributed by atoms with E-state index < -0.39 is 12.1 Å². The van der Waals surface area contributed by atoms with Crippen LogP contribution < -0.4 is 5.32 Å². The molecule has 0 aliphatic heterocycles. The summed E-state index contributed by atoms with van der Waals surface area (Å²) in [5.41, 5.74) is 0. The van der Waals surface area contributed by atoms with Gasteiger partial charge in [-0.05, 0) is 83.5 Å². The zero-order valence-corrected chi connectivity index (χ0v) is 54.1. The number of nitrogens with one attached hydrogen (secondary N) is 1. The van der Waals surface area contributed by atoms with Crippen molar-refractivity contribution in [3.05, 3.63) is 36.5 Å². The van der Waals surface area contributed by atoms with Gasteiger partial charge in [0.25, 0.3) is 0 Å². The van der Waals surface area contributed by atoms with Gasteiger partial charge in [0, 0.05) is 12.8 Å². The number of carbonyl (C=O) groups is 2. The van der Waals surface area contributed by atoms with E-state index in [2.05, 4.69) is 43.5 Å². The standard InChI is InChI=1S/C74H141NO5/c1-3-5-7-9-11-13-15-17-43-46-50-54-58-62-66-72(77)71(70-76)75-73(78)67-63-59-55-51-47-44-41-39-37-35-33-31-29-27-25-23-21-19-18-20-22-24-26-28-30-32-34-36-38-40-42-45-49-53-57-61-65-69-80-74(79)68-64-60-56-52-48-16-14-12-10-8-6-4-2/h12,14,18,20,62,66,71-72,76-77H,3-11,13,15-17,19,21-61,63-65,67-70H2,1-2H3,(H,75,78)/b14-12-,20-18-,66-62+. The Bertz CT molecular complexity index is 1300. The van der Waals surface area contributed by atoms with Crippen LogP contribution in [0.15, 0.2) is 36.5 Å². The summed E-state index contributed by atoms with van der Waals surface area (Å²) in [6.45, 7) is 4.90. The first kappa shape index (κ1) is 78.1. The Labute approximate surface area is 500 Å². The summed E-state index contributed by atoms with van der Waals surface area (Å²) in [6, 6.07) is -0.624. The highest BCUT2D eigenvalue weighted by atomic mass is 16.5. The van der Waals surface area contributed by atoms with Crippen LogP contribution in [-0.4, -0.2) is 47.4 Å². The minimum Gasteiger partial charge on any atom is -0.466 e. The van der Waals surface area contributed by atoms with Gasteiger partial charge in [0.15, 0.2) is 0 Å². The van der Waals surface area contributed by atoms with Crippen LogP contribution >= 0.6 is 0 Å². The van der Waals surface area contributed by atoms with Crippen molar-refractivity contribution in [1.82, 2.24) is 5.32 Å². The topological polar surface area (TPSA) is 95.9 Å². The molecular formula is C74H141NO5. The lowest BCUT2D eigenvalue weighted by Crippen LogP contribution is -2.45. The molecule has 2 unspecified atom stereocenters. The van der Waals surface area contributed by atoms with Crippen LogP contribution in [0.1, 0.15) is 399 Å². The molecule has 0 heterocycles. The number of ether oxygens (including phenoxy) is 1. The Hall–Kier alpha value is -1.92. The minimum absolute atomic E-state index is 0.0113. The molecule has 0 rings (SSSR count). The Kier molecular flexibility index (Phi) is 67.9. The van der Waals surface area contributed by atoms with Gasteiger partial charge in [0.2, 0.25) is 5.91 Å². The first-order valence-electron chi connectivity index (χ1n) is 36.3. The summed E-state index contributed by atoms with van der Waals surface area (Å²) in [7, 11) is 0. The summed E-state index contributed by atoms with van der Waals surface area (Å²) >= 11 is 0. The minimum atomic E-state index is -0.841. The van der Waals surface area contributed by atoms with Gasteiger partial charge in [-0.25, -0.2) is 0 Å². The van der Waals surface area contributed by atoms with E-state index in [-0.39, 0.29) is 18.5 Å². The zero-order valence-electron chi connectivity index (χ0n) is 54.1. The Balaban J connectivity index is 3.34. The lowest BCUT2D eigenvalue weighted by molar-refractivity contribution is -0.143. The van der Waals surface area contributed by atoms with Gasteiger partial charge in [0.05, 0.1) is 25.4 Å². The van der Waals surface area contributed by atoms with Crippen molar-refractivity contribution in [1.29, 1.82) is 0 Å². The molecule has 0 aromatic heterocycles. The predicted molar refractivity (Wildman–Crippen MR) is 352 cm³/mol. The van der Waals surface area contributed by atoms with Gasteiger partial charge >= 0.3 is 5.97 Å². The van der Waals surface area contributed by atoms with Gasteiger partial charge in [0.1, 0.15) is 0 Å².